The largest absolute Gasteiger partial charge is 0.488 e. The Labute approximate surface area is 112 Å². The number of nitrogens with two attached hydrogens (primary N) is 1. The normalized spacial score (nSPS) is 18.3. The van der Waals surface area contributed by atoms with Crippen LogP contribution < -0.4 is 10.5 Å². The summed E-state index contributed by atoms with van der Waals surface area (Å²) in [7, 11) is 0. The predicted octanol–water partition coefficient (Wildman–Crippen LogP) is 2.00. The Morgan fingerprint density at radius 3 is 3.05 bits per heavy atom. The van der Waals surface area contributed by atoms with Crippen LogP contribution in [0.25, 0.3) is 0 Å². The highest BCUT2D eigenvalue weighted by Gasteiger charge is 2.20. The van der Waals surface area contributed by atoms with E-state index in [9.17, 15) is 4.79 Å². The molecule has 19 heavy (non-hydrogen) atoms. The van der Waals surface area contributed by atoms with Crippen molar-refractivity contribution in [3.8, 4) is 5.75 Å². The van der Waals surface area contributed by atoms with Gasteiger partial charge in [0.1, 0.15) is 12.2 Å². The van der Waals surface area contributed by atoms with Crippen LogP contribution in [0.5, 0.6) is 5.75 Å². The van der Waals surface area contributed by atoms with Crippen molar-refractivity contribution in [1.29, 1.82) is 0 Å². The fourth-order valence-electron chi connectivity index (χ4n) is 2.04. The highest BCUT2D eigenvalue weighted by atomic mass is 16.5. The summed E-state index contributed by atoms with van der Waals surface area (Å²) in [4.78, 5) is 11.8. The molecule has 0 amide bonds. The summed E-state index contributed by atoms with van der Waals surface area (Å²) in [6.07, 6.45) is 2.10. The molecule has 2 N–H and O–H groups in total. The third kappa shape index (κ3) is 3.38. The summed E-state index contributed by atoms with van der Waals surface area (Å²) in [5, 5.41) is 0. The van der Waals surface area contributed by atoms with Gasteiger partial charge in [-0.2, -0.15) is 0 Å². The van der Waals surface area contributed by atoms with Gasteiger partial charge in [-0.1, -0.05) is 6.07 Å². The first-order valence-electron chi connectivity index (χ1n) is 6.52. The van der Waals surface area contributed by atoms with E-state index >= 15 is 0 Å². The summed E-state index contributed by atoms with van der Waals surface area (Å²) in [6.45, 7) is 3.25. The number of ether oxygens (including phenoxy) is 3. The molecule has 5 nitrogen and oxygen atoms in total. The zero-order valence-corrected chi connectivity index (χ0v) is 11.1. The fourth-order valence-corrected chi connectivity index (χ4v) is 2.04. The third-order valence-electron chi connectivity index (χ3n) is 2.98. The van der Waals surface area contributed by atoms with Crippen LogP contribution in [-0.2, 0) is 9.47 Å². The predicted molar refractivity (Wildman–Crippen MR) is 71.3 cm³/mol. The van der Waals surface area contributed by atoms with Crippen molar-refractivity contribution < 1.29 is 19.0 Å². The lowest BCUT2D eigenvalue weighted by Crippen LogP contribution is -2.18. The van der Waals surface area contributed by atoms with Gasteiger partial charge in [0.05, 0.1) is 18.4 Å². The van der Waals surface area contributed by atoms with Crippen molar-refractivity contribution in [3.05, 3.63) is 23.8 Å². The molecule has 5 heteroatoms. The van der Waals surface area contributed by atoms with Crippen molar-refractivity contribution in [2.45, 2.75) is 25.9 Å². The van der Waals surface area contributed by atoms with Gasteiger partial charge in [-0.15, -0.1) is 0 Å². The van der Waals surface area contributed by atoms with Crippen LogP contribution in [-0.4, -0.2) is 31.9 Å². The van der Waals surface area contributed by atoms with Crippen LogP contribution in [0.15, 0.2) is 18.2 Å². The molecule has 0 aliphatic carbocycles. The minimum Gasteiger partial charge on any atom is -0.488 e. The summed E-state index contributed by atoms with van der Waals surface area (Å²) in [5.74, 6) is -0.0337. The molecule has 1 heterocycles. The molecule has 0 saturated carbocycles. The molecule has 2 rings (SSSR count). The van der Waals surface area contributed by atoms with Crippen LogP contribution in [0.2, 0.25) is 0 Å². The molecule has 1 unspecified atom stereocenters. The minimum atomic E-state index is -0.419. The first kappa shape index (κ1) is 13.7. The second-order valence-electron chi connectivity index (χ2n) is 4.39. The monoisotopic (exact) mass is 265 g/mol. The molecule has 104 valence electrons. The number of nitrogen functional groups attached to an aromatic ring is 1. The van der Waals surface area contributed by atoms with Crippen molar-refractivity contribution in [3.63, 3.8) is 0 Å². The van der Waals surface area contributed by atoms with Crippen LogP contribution in [0.4, 0.5) is 5.69 Å². The maximum absolute atomic E-state index is 11.8. The number of esters is 1. The molecule has 0 radical (unpaired) electrons. The third-order valence-corrected chi connectivity index (χ3v) is 2.98. The fraction of sp³-hybridized carbons (Fsp3) is 0.500. The Kier molecular flexibility index (Phi) is 4.63. The zero-order valence-electron chi connectivity index (χ0n) is 11.1. The van der Waals surface area contributed by atoms with E-state index in [1.807, 2.05) is 0 Å². The Bertz CT molecular complexity index is 441. The second-order valence-corrected chi connectivity index (χ2v) is 4.39. The number of rotatable bonds is 5. The van der Waals surface area contributed by atoms with Gasteiger partial charge in [0.25, 0.3) is 0 Å². The number of carbonyl (C=O) groups is 1. The topological polar surface area (TPSA) is 70.8 Å². The number of benzene rings is 1. The van der Waals surface area contributed by atoms with Crippen LogP contribution in [0.3, 0.4) is 0 Å². The quantitative estimate of drug-likeness (QED) is 0.651. The number of anilines is 1. The molecule has 1 saturated heterocycles. The Morgan fingerprint density at radius 1 is 1.53 bits per heavy atom. The van der Waals surface area contributed by atoms with Crippen molar-refractivity contribution in [2.24, 2.45) is 0 Å². The maximum Gasteiger partial charge on any atom is 0.341 e. The zero-order chi connectivity index (χ0) is 13.7. The Hall–Kier alpha value is -1.75. The average molecular weight is 265 g/mol. The standard InChI is InChI=1S/C14H19NO4/c1-2-17-14(16)11-6-3-7-12(15)13(11)19-9-10-5-4-8-18-10/h3,6-7,10H,2,4-5,8-9,15H2,1H3. The smallest absolute Gasteiger partial charge is 0.341 e. The molecule has 1 atom stereocenters. The van der Waals surface area contributed by atoms with Gasteiger partial charge in [-0.25, -0.2) is 4.79 Å². The van der Waals surface area contributed by atoms with Gasteiger partial charge in [-0.05, 0) is 31.9 Å². The summed E-state index contributed by atoms with van der Waals surface area (Å²) in [5.41, 5.74) is 6.66. The molecule has 1 aromatic rings. The van der Waals surface area contributed by atoms with Crippen LogP contribution in [0.1, 0.15) is 30.1 Å². The van der Waals surface area contributed by atoms with E-state index in [-0.39, 0.29) is 6.10 Å². The van der Waals surface area contributed by atoms with Gasteiger partial charge in [-0.3, -0.25) is 0 Å². The minimum absolute atomic E-state index is 0.0784. The molecular weight excluding hydrogens is 246 g/mol. The molecular formula is C14H19NO4. The van der Waals surface area contributed by atoms with Gasteiger partial charge >= 0.3 is 5.97 Å². The highest BCUT2D eigenvalue weighted by molar-refractivity contribution is 5.94. The Morgan fingerprint density at radius 2 is 2.37 bits per heavy atom. The number of para-hydroxylation sites is 1. The van der Waals surface area contributed by atoms with E-state index in [2.05, 4.69) is 0 Å². The van der Waals surface area contributed by atoms with Crippen LogP contribution in [0, 0.1) is 0 Å². The summed E-state index contributed by atoms with van der Waals surface area (Å²) in [6, 6.07) is 5.06. The van der Waals surface area contributed by atoms with E-state index < -0.39 is 5.97 Å². The Balaban J connectivity index is 2.10. The van der Waals surface area contributed by atoms with Crippen molar-refractivity contribution >= 4 is 11.7 Å². The van der Waals surface area contributed by atoms with Gasteiger partial charge in [0.15, 0.2) is 5.75 Å². The SMILES string of the molecule is CCOC(=O)c1cccc(N)c1OCC1CCCO1. The van der Waals surface area contributed by atoms with E-state index in [0.717, 1.165) is 19.4 Å². The lowest BCUT2D eigenvalue weighted by atomic mass is 10.1. The molecule has 1 fully saturated rings. The van der Waals surface area contributed by atoms with Gasteiger partial charge in [0.2, 0.25) is 0 Å². The number of hydrogen-bond donors (Lipinski definition) is 1. The van der Waals surface area contributed by atoms with E-state index in [4.69, 9.17) is 19.9 Å². The summed E-state index contributed by atoms with van der Waals surface area (Å²) < 4.78 is 16.1. The number of hydrogen-bond acceptors (Lipinski definition) is 5. The van der Waals surface area contributed by atoms with E-state index in [1.54, 1.807) is 25.1 Å². The van der Waals surface area contributed by atoms with E-state index in [0.29, 0.717) is 30.2 Å². The molecule has 0 spiro atoms. The molecule has 0 bridgehead atoms. The number of carbonyl (C=O) groups excluding carboxylic acids is 1. The highest BCUT2D eigenvalue weighted by Crippen LogP contribution is 2.28. The average Bonchev–Trinajstić information content (AvgIpc) is 2.90. The summed E-state index contributed by atoms with van der Waals surface area (Å²) >= 11 is 0. The first-order chi connectivity index (χ1) is 9.22. The lowest BCUT2D eigenvalue weighted by Gasteiger charge is -2.15. The van der Waals surface area contributed by atoms with Crippen molar-refractivity contribution in [1.82, 2.24) is 0 Å². The second kappa shape index (κ2) is 6.43. The van der Waals surface area contributed by atoms with E-state index in [1.165, 1.54) is 0 Å². The first-order valence-corrected chi connectivity index (χ1v) is 6.52. The molecule has 1 aliphatic rings. The van der Waals surface area contributed by atoms with Gasteiger partial charge < -0.3 is 19.9 Å². The molecule has 0 aromatic heterocycles. The maximum atomic E-state index is 11.8. The molecule has 1 aromatic carbocycles. The van der Waals surface area contributed by atoms with Gasteiger partial charge in [0, 0.05) is 6.61 Å². The van der Waals surface area contributed by atoms with Crippen LogP contribution >= 0.6 is 0 Å². The lowest BCUT2D eigenvalue weighted by molar-refractivity contribution is 0.0505. The molecule has 1 aliphatic heterocycles. The van der Waals surface area contributed by atoms with Crippen molar-refractivity contribution in [2.75, 3.05) is 25.6 Å².